The lowest BCUT2D eigenvalue weighted by molar-refractivity contribution is -0.124. The molecule has 2 unspecified atom stereocenters. The normalized spacial score (nSPS) is 24.8. The van der Waals surface area contributed by atoms with E-state index in [0.717, 1.165) is 30.6 Å². The minimum Gasteiger partial charge on any atom is -0.493 e. The van der Waals surface area contributed by atoms with Crippen LogP contribution >= 0.6 is 0 Å². The number of aryl methyl sites for hydroxylation is 1. The molecule has 1 aliphatic carbocycles. The fourth-order valence-electron chi connectivity index (χ4n) is 3.03. The molecule has 5 nitrogen and oxygen atoms in total. The first-order valence-corrected chi connectivity index (χ1v) is 7.33. The number of hydrogen-bond acceptors (Lipinski definition) is 4. The minimum atomic E-state index is -0.874. The standard InChI is InChI=1S/C16H24N2O3/c1-11-5-6-13(14(10-11)20-2)21-9-7-12-4-3-8-16(12,18)15(17)19/h5-6,10,12H,3-4,7-9,18H2,1-2H3,(H2,17,19). The highest BCUT2D eigenvalue weighted by Gasteiger charge is 2.43. The molecule has 1 fully saturated rings. The third-order valence-electron chi connectivity index (χ3n) is 4.37. The summed E-state index contributed by atoms with van der Waals surface area (Å²) in [5.74, 6) is 1.11. The summed E-state index contributed by atoms with van der Waals surface area (Å²) in [5.41, 5.74) is 11.8. The second kappa shape index (κ2) is 6.35. The lowest BCUT2D eigenvalue weighted by Crippen LogP contribution is -2.54. The van der Waals surface area contributed by atoms with Gasteiger partial charge in [-0.05, 0) is 49.8 Å². The second-order valence-corrected chi connectivity index (χ2v) is 5.79. The van der Waals surface area contributed by atoms with E-state index in [1.54, 1.807) is 7.11 Å². The molecule has 0 bridgehead atoms. The van der Waals surface area contributed by atoms with E-state index in [2.05, 4.69) is 0 Å². The van der Waals surface area contributed by atoms with Crippen molar-refractivity contribution < 1.29 is 14.3 Å². The molecule has 1 aromatic rings. The van der Waals surface area contributed by atoms with Gasteiger partial charge >= 0.3 is 0 Å². The second-order valence-electron chi connectivity index (χ2n) is 5.79. The van der Waals surface area contributed by atoms with Crippen molar-refractivity contribution in [3.63, 3.8) is 0 Å². The van der Waals surface area contributed by atoms with Gasteiger partial charge in [0, 0.05) is 0 Å². The summed E-state index contributed by atoms with van der Waals surface area (Å²) in [4.78, 5) is 11.5. The number of carbonyl (C=O) groups excluding carboxylic acids is 1. The number of hydrogen-bond donors (Lipinski definition) is 2. The average molecular weight is 292 g/mol. The van der Waals surface area contributed by atoms with E-state index in [9.17, 15) is 4.79 Å². The Hall–Kier alpha value is -1.75. The first-order valence-electron chi connectivity index (χ1n) is 7.33. The Kier molecular flexibility index (Phi) is 4.73. The third kappa shape index (κ3) is 3.29. The van der Waals surface area contributed by atoms with Gasteiger partial charge < -0.3 is 20.9 Å². The van der Waals surface area contributed by atoms with Gasteiger partial charge in [-0.2, -0.15) is 0 Å². The number of nitrogens with two attached hydrogens (primary N) is 2. The van der Waals surface area contributed by atoms with Crippen molar-refractivity contribution >= 4 is 5.91 Å². The fourth-order valence-corrected chi connectivity index (χ4v) is 3.03. The van der Waals surface area contributed by atoms with Crippen molar-refractivity contribution in [1.82, 2.24) is 0 Å². The molecular formula is C16H24N2O3. The zero-order valence-corrected chi connectivity index (χ0v) is 12.7. The smallest absolute Gasteiger partial charge is 0.237 e. The van der Waals surface area contributed by atoms with E-state index in [-0.39, 0.29) is 5.92 Å². The molecule has 1 aliphatic rings. The predicted octanol–water partition coefficient (Wildman–Crippen LogP) is 1.76. The molecular weight excluding hydrogens is 268 g/mol. The van der Waals surface area contributed by atoms with E-state index in [0.29, 0.717) is 18.8 Å². The summed E-state index contributed by atoms with van der Waals surface area (Å²) in [6.07, 6.45) is 3.25. The van der Waals surface area contributed by atoms with Gasteiger partial charge in [-0.15, -0.1) is 0 Å². The van der Waals surface area contributed by atoms with Crippen LogP contribution in [0.4, 0.5) is 0 Å². The highest BCUT2D eigenvalue weighted by atomic mass is 16.5. The Labute approximate surface area is 125 Å². The molecule has 5 heteroatoms. The predicted molar refractivity (Wildman–Crippen MR) is 81.3 cm³/mol. The molecule has 2 rings (SSSR count). The summed E-state index contributed by atoms with van der Waals surface area (Å²) in [6.45, 7) is 2.50. The monoisotopic (exact) mass is 292 g/mol. The maximum Gasteiger partial charge on any atom is 0.237 e. The number of primary amides is 1. The van der Waals surface area contributed by atoms with E-state index in [1.807, 2.05) is 25.1 Å². The fraction of sp³-hybridized carbons (Fsp3) is 0.562. The summed E-state index contributed by atoms with van der Waals surface area (Å²) < 4.78 is 11.1. The molecule has 4 N–H and O–H groups in total. The quantitative estimate of drug-likeness (QED) is 0.836. The van der Waals surface area contributed by atoms with E-state index in [1.165, 1.54) is 0 Å². The van der Waals surface area contributed by atoms with Crippen LogP contribution in [-0.2, 0) is 4.79 Å². The molecule has 0 saturated heterocycles. The lowest BCUT2D eigenvalue weighted by atomic mass is 9.85. The molecule has 0 aliphatic heterocycles. The molecule has 2 atom stereocenters. The van der Waals surface area contributed by atoms with Crippen molar-refractivity contribution in [2.75, 3.05) is 13.7 Å². The van der Waals surface area contributed by atoms with Crippen LogP contribution < -0.4 is 20.9 Å². The van der Waals surface area contributed by atoms with Crippen LogP contribution in [-0.4, -0.2) is 25.2 Å². The van der Waals surface area contributed by atoms with Gasteiger partial charge in [0.25, 0.3) is 0 Å². The van der Waals surface area contributed by atoms with Gasteiger partial charge in [-0.1, -0.05) is 12.5 Å². The number of amides is 1. The number of carbonyl (C=O) groups is 1. The molecule has 0 heterocycles. The maximum atomic E-state index is 11.5. The van der Waals surface area contributed by atoms with Gasteiger partial charge in [-0.3, -0.25) is 4.79 Å². The van der Waals surface area contributed by atoms with Gasteiger partial charge in [0.1, 0.15) is 0 Å². The van der Waals surface area contributed by atoms with Crippen molar-refractivity contribution in [2.24, 2.45) is 17.4 Å². The number of benzene rings is 1. The van der Waals surface area contributed by atoms with Gasteiger partial charge in [0.05, 0.1) is 19.3 Å². The minimum absolute atomic E-state index is 0.0893. The van der Waals surface area contributed by atoms with E-state index in [4.69, 9.17) is 20.9 Å². The van der Waals surface area contributed by atoms with Crippen LogP contribution in [0.2, 0.25) is 0 Å². The molecule has 0 aromatic heterocycles. The van der Waals surface area contributed by atoms with Crippen LogP contribution in [0.5, 0.6) is 11.5 Å². The number of rotatable bonds is 6. The summed E-state index contributed by atoms with van der Waals surface area (Å²) in [5, 5.41) is 0. The van der Waals surface area contributed by atoms with Gasteiger partial charge in [0.2, 0.25) is 5.91 Å². The van der Waals surface area contributed by atoms with Crippen molar-refractivity contribution in [3.05, 3.63) is 23.8 Å². The van der Waals surface area contributed by atoms with Gasteiger partial charge in [0.15, 0.2) is 11.5 Å². The number of methoxy groups -OCH3 is 1. The maximum absolute atomic E-state index is 11.5. The average Bonchev–Trinajstić information content (AvgIpc) is 2.83. The summed E-state index contributed by atoms with van der Waals surface area (Å²) in [6, 6.07) is 5.80. The Morgan fingerprint density at radius 1 is 1.43 bits per heavy atom. The molecule has 21 heavy (non-hydrogen) atoms. The van der Waals surface area contributed by atoms with Crippen LogP contribution in [0.1, 0.15) is 31.2 Å². The largest absolute Gasteiger partial charge is 0.493 e. The summed E-state index contributed by atoms with van der Waals surface area (Å²) >= 11 is 0. The topological polar surface area (TPSA) is 87.6 Å². The van der Waals surface area contributed by atoms with Crippen LogP contribution in [0.3, 0.4) is 0 Å². The highest BCUT2D eigenvalue weighted by molar-refractivity contribution is 5.85. The van der Waals surface area contributed by atoms with Crippen LogP contribution in [0.15, 0.2) is 18.2 Å². The molecule has 0 radical (unpaired) electrons. The Balaban J connectivity index is 1.94. The van der Waals surface area contributed by atoms with Crippen LogP contribution in [0, 0.1) is 12.8 Å². The Morgan fingerprint density at radius 3 is 2.86 bits per heavy atom. The first-order chi connectivity index (χ1) is 9.97. The lowest BCUT2D eigenvalue weighted by Gasteiger charge is -2.28. The van der Waals surface area contributed by atoms with Crippen molar-refractivity contribution in [1.29, 1.82) is 0 Å². The zero-order valence-electron chi connectivity index (χ0n) is 12.7. The van der Waals surface area contributed by atoms with E-state index < -0.39 is 11.4 Å². The zero-order chi connectivity index (χ0) is 15.5. The van der Waals surface area contributed by atoms with Crippen LogP contribution in [0.25, 0.3) is 0 Å². The molecule has 1 amide bonds. The number of ether oxygens (including phenoxy) is 2. The van der Waals surface area contributed by atoms with E-state index >= 15 is 0 Å². The summed E-state index contributed by atoms with van der Waals surface area (Å²) in [7, 11) is 1.62. The molecule has 1 aromatic carbocycles. The molecule has 116 valence electrons. The third-order valence-corrected chi connectivity index (χ3v) is 4.37. The molecule has 0 spiro atoms. The van der Waals surface area contributed by atoms with Crippen molar-refractivity contribution in [3.8, 4) is 11.5 Å². The highest BCUT2D eigenvalue weighted by Crippen LogP contribution is 2.36. The van der Waals surface area contributed by atoms with Crippen molar-refractivity contribution in [2.45, 2.75) is 38.1 Å². The Bertz CT molecular complexity index is 518. The Morgan fingerprint density at radius 2 is 2.19 bits per heavy atom. The SMILES string of the molecule is COc1cc(C)ccc1OCCC1CCCC1(N)C(N)=O. The molecule has 1 saturated carbocycles. The first kappa shape index (κ1) is 15.6. The van der Waals surface area contributed by atoms with Gasteiger partial charge in [-0.25, -0.2) is 0 Å².